The summed E-state index contributed by atoms with van der Waals surface area (Å²) < 4.78 is 24.9. The summed E-state index contributed by atoms with van der Waals surface area (Å²) in [5, 5.41) is 2.74. The Labute approximate surface area is 154 Å². The van der Waals surface area contributed by atoms with Crippen LogP contribution >= 0.6 is 0 Å². The summed E-state index contributed by atoms with van der Waals surface area (Å²) in [5.74, 6) is -0.512. The van der Waals surface area contributed by atoms with Gasteiger partial charge in [0.2, 0.25) is 5.91 Å². The van der Waals surface area contributed by atoms with Gasteiger partial charge in [0, 0.05) is 5.70 Å². The largest absolute Gasteiger partial charge is 0.329 e. The van der Waals surface area contributed by atoms with Gasteiger partial charge in [0.1, 0.15) is 0 Å². The first-order valence-corrected chi connectivity index (χ1v) is 10.1. The fraction of sp³-hybridized carbons (Fsp3) is 0.250. The molecule has 2 aromatic rings. The molecule has 1 atom stereocenters. The van der Waals surface area contributed by atoms with E-state index in [4.69, 9.17) is 5.73 Å². The Balaban J connectivity index is 2.13. The minimum atomic E-state index is -3.45. The molecule has 2 rings (SSSR count). The number of amides is 1. The molecule has 0 aliphatic carbocycles. The van der Waals surface area contributed by atoms with Crippen molar-refractivity contribution in [1.82, 2.24) is 5.32 Å². The van der Waals surface area contributed by atoms with Crippen molar-refractivity contribution in [1.29, 1.82) is 0 Å². The molecule has 0 saturated heterocycles. The number of nitrogens with two attached hydrogens (primary N) is 1. The Morgan fingerprint density at radius 3 is 2.23 bits per heavy atom. The van der Waals surface area contributed by atoms with Gasteiger partial charge in [-0.2, -0.15) is 0 Å². The summed E-state index contributed by atoms with van der Waals surface area (Å²) in [6.07, 6.45) is 2.77. The molecule has 26 heavy (non-hydrogen) atoms. The molecular weight excluding hydrogens is 348 g/mol. The Hall–Kier alpha value is -2.44. The van der Waals surface area contributed by atoms with Gasteiger partial charge in [-0.1, -0.05) is 48.5 Å². The van der Waals surface area contributed by atoms with Crippen molar-refractivity contribution in [3.8, 4) is 0 Å². The molecule has 0 fully saturated rings. The summed E-state index contributed by atoms with van der Waals surface area (Å²) >= 11 is 0. The highest BCUT2D eigenvalue weighted by Crippen LogP contribution is 2.13. The zero-order valence-electron chi connectivity index (χ0n) is 14.8. The standard InChI is InChI=1S/C20H24N2O3S/c1-16(21)20(23)22-18(13-12-17-8-4-2-5-9-17)14-15-26(24,25)19-10-6-3-7-11-19/h2-11,14,16H,12-13,15,21H2,1H3,(H,22,23)/b18-14+/t16-/m0/s1. The van der Waals surface area contributed by atoms with E-state index in [0.717, 1.165) is 5.56 Å². The lowest BCUT2D eigenvalue weighted by Gasteiger charge is -2.12. The van der Waals surface area contributed by atoms with Crippen LogP contribution in [0.15, 0.2) is 77.3 Å². The fourth-order valence-electron chi connectivity index (χ4n) is 2.35. The molecule has 138 valence electrons. The van der Waals surface area contributed by atoms with Crippen LogP contribution in [0.25, 0.3) is 0 Å². The number of benzene rings is 2. The molecule has 0 unspecified atom stereocenters. The lowest BCUT2D eigenvalue weighted by Crippen LogP contribution is -2.38. The lowest BCUT2D eigenvalue weighted by molar-refractivity contribution is -0.121. The van der Waals surface area contributed by atoms with E-state index < -0.39 is 15.9 Å². The smallest absolute Gasteiger partial charge is 0.240 e. The van der Waals surface area contributed by atoms with Crippen LogP contribution in [0.2, 0.25) is 0 Å². The fourth-order valence-corrected chi connectivity index (χ4v) is 3.53. The molecule has 1 amide bonds. The van der Waals surface area contributed by atoms with E-state index in [2.05, 4.69) is 5.32 Å². The molecule has 2 aromatic carbocycles. The molecule has 0 heterocycles. The molecule has 6 heteroatoms. The normalized spacial score (nSPS) is 13.2. The number of nitrogens with one attached hydrogen (secondary N) is 1. The van der Waals surface area contributed by atoms with E-state index in [0.29, 0.717) is 18.5 Å². The second kappa shape index (κ2) is 9.31. The maximum Gasteiger partial charge on any atom is 0.240 e. The van der Waals surface area contributed by atoms with Crippen LogP contribution in [0.4, 0.5) is 0 Å². The molecule has 0 saturated carbocycles. The van der Waals surface area contributed by atoms with Gasteiger partial charge in [-0.05, 0) is 43.5 Å². The summed E-state index contributed by atoms with van der Waals surface area (Å²) in [5.41, 5.74) is 7.28. The minimum Gasteiger partial charge on any atom is -0.329 e. The third-order valence-electron chi connectivity index (χ3n) is 3.87. The van der Waals surface area contributed by atoms with Gasteiger partial charge >= 0.3 is 0 Å². The molecule has 0 bridgehead atoms. The van der Waals surface area contributed by atoms with Crippen LogP contribution in [-0.4, -0.2) is 26.1 Å². The van der Waals surface area contributed by atoms with Gasteiger partial charge in [0.25, 0.3) is 0 Å². The van der Waals surface area contributed by atoms with Crippen molar-refractivity contribution in [2.45, 2.75) is 30.7 Å². The van der Waals surface area contributed by atoms with Crippen molar-refractivity contribution >= 4 is 15.7 Å². The van der Waals surface area contributed by atoms with Crippen molar-refractivity contribution in [3.63, 3.8) is 0 Å². The number of rotatable bonds is 8. The summed E-state index contributed by atoms with van der Waals surface area (Å²) in [6, 6.07) is 17.4. The second-order valence-electron chi connectivity index (χ2n) is 6.09. The van der Waals surface area contributed by atoms with Crippen LogP contribution in [0, 0.1) is 0 Å². The Kier molecular flexibility index (Phi) is 7.12. The molecule has 0 radical (unpaired) electrons. The molecule has 5 nitrogen and oxygen atoms in total. The van der Waals surface area contributed by atoms with Gasteiger partial charge in [-0.25, -0.2) is 8.42 Å². The summed E-state index contributed by atoms with van der Waals surface area (Å²) in [4.78, 5) is 12.2. The van der Waals surface area contributed by atoms with E-state index in [1.54, 1.807) is 43.3 Å². The van der Waals surface area contributed by atoms with Crippen LogP contribution < -0.4 is 11.1 Å². The van der Waals surface area contributed by atoms with E-state index in [1.807, 2.05) is 30.3 Å². The van der Waals surface area contributed by atoms with Gasteiger partial charge in [0.05, 0.1) is 16.7 Å². The number of sulfone groups is 1. The topological polar surface area (TPSA) is 89.3 Å². The number of hydrogen-bond acceptors (Lipinski definition) is 4. The monoisotopic (exact) mass is 372 g/mol. The molecule has 0 aliphatic rings. The number of carbonyl (C=O) groups is 1. The van der Waals surface area contributed by atoms with Crippen LogP contribution in [0.1, 0.15) is 18.9 Å². The zero-order valence-corrected chi connectivity index (χ0v) is 15.6. The Bertz CT molecular complexity index is 845. The quantitative estimate of drug-likeness (QED) is 0.745. The highest BCUT2D eigenvalue weighted by Gasteiger charge is 2.14. The third-order valence-corrected chi connectivity index (χ3v) is 5.47. The third kappa shape index (κ3) is 6.13. The van der Waals surface area contributed by atoms with E-state index in [9.17, 15) is 13.2 Å². The number of allylic oxidation sites excluding steroid dienone is 1. The first-order valence-electron chi connectivity index (χ1n) is 8.46. The van der Waals surface area contributed by atoms with Gasteiger partial charge in [0.15, 0.2) is 9.84 Å². The maximum atomic E-state index is 12.4. The average Bonchev–Trinajstić information content (AvgIpc) is 2.65. The SMILES string of the molecule is C[C@H](N)C(=O)N/C(=C/CS(=O)(=O)c1ccccc1)CCc1ccccc1. The Morgan fingerprint density at radius 1 is 1.08 bits per heavy atom. The minimum absolute atomic E-state index is 0.180. The number of carbonyl (C=O) groups excluding carboxylic acids is 1. The molecular formula is C20H24N2O3S. The van der Waals surface area contributed by atoms with E-state index in [-0.39, 0.29) is 16.6 Å². The summed E-state index contributed by atoms with van der Waals surface area (Å²) in [6.45, 7) is 1.59. The van der Waals surface area contributed by atoms with Crippen LogP contribution in [0.5, 0.6) is 0 Å². The van der Waals surface area contributed by atoms with Gasteiger partial charge in [-0.3, -0.25) is 4.79 Å². The van der Waals surface area contributed by atoms with E-state index >= 15 is 0 Å². The summed E-state index contributed by atoms with van der Waals surface area (Å²) in [7, 11) is -3.45. The second-order valence-corrected chi connectivity index (χ2v) is 8.12. The maximum absolute atomic E-state index is 12.4. The first-order chi connectivity index (χ1) is 12.4. The molecule has 0 aromatic heterocycles. The molecule has 0 spiro atoms. The van der Waals surface area contributed by atoms with Crippen LogP contribution in [-0.2, 0) is 21.1 Å². The van der Waals surface area contributed by atoms with Crippen molar-refractivity contribution in [3.05, 3.63) is 78.0 Å². The first kappa shape index (κ1) is 19.9. The van der Waals surface area contributed by atoms with E-state index in [1.165, 1.54) is 0 Å². The predicted octanol–water partition coefficient (Wildman–Crippen LogP) is 2.44. The van der Waals surface area contributed by atoms with Crippen LogP contribution in [0.3, 0.4) is 0 Å². The zero-order chi connectivity index (χ0) is 19.0. The predicted molar refractivity (Wildman–Crippen MR) is 103 cm³/mol. The van der Waals surface area contributed by atoms with Crippen molar-refractivity contribution in [2.24, 2.45) is 5.73 Å². The van der Waals surface area contributed by atoms with Gasteiger partial charge in [-0.15, -0.1) is 0 Å². The highest BCUT2D eigenvalue weighted by molar-refractivity contribution is 7.91. The Morgan fingerprint density at radius 2 is 1.65 bits per heavy atom. The van der Waals surface area contributed by atoms with Crippen molar-refractivity contribution in [2.75, 3.05) is 5.75 Å². The van der Waals surface area contributed by atoms with Crippen molar-refractivity contribution < 1.29 is 13.2 Å². The highest BCUT2D eigenvalue weighted by atomic mass is 32.2. The average molecular weight is 372 g/mol. The number of hydrogen-bond donors (Lipinski definition) is 2. The van der Waals surface area contributed by atoms with Gasteiger partial charge < -0.3 is 11.1 Å². The molecule has 0 aliphatic heterocycles. The molecule has 3 N–H and O–H groups in total. The number of aryl methyl sites for hydroxylation is 1. The lowest BCUT2D eigenvalue weighted by atomic mass is 10.1.